The maximum absolute atomic E-state index is 9.49. The Labute approximate surface area is 94.3 Å². The summed E-state index contributed by atoms with van der Waals surface area (Å²) in [4.78, 5) is 0. The number of phenols is 1. The number of benzene rings is 2. The fourth-order valence-corrected chi connectivity index (χ4v) is 1.34. The van der Waals surface area contributed by atoms with Crippen LogP contribution in [0.25, 0.3) is 0 Å². The van der Waals surface area contributed by atoms with E-state index in [0.29, 0.717) is 12.4 Å². The maximum Gasteiger partial charge on any atom is 0.159 e. The van der Waals surface area contributed by atoms with Crippen LogP contribution >= 0.6 is 0 Å². The van der Waals surface area contributed by atoms with Crippen molar-refractivity contribution in [1.29, 1.82) is 0 Å². The zero-order valence-electron chi connectivity index (χ0n) is 8.76. The number of phenolic OH excluding ortho intramolecular Hbond substituents is 1. The molecule has 0 spiro atoms. The van der Waals surface area contributed by atoms with Crippen molar-refractivity contribution in [2.45, 2.75) is 0 Å². The highest BCUT2D eigenvalue weighted by molar-refractivity contribution is 5.54. The van der Waals surface area contributed by atoms with Gasteiger partial charge in [0.1, 0.15) is 11.5 Å². The Morgan fingerprint density at radius 3 is 2.38 bits per heavy atom. The third-order valence-electron chi connectivity index (χ3n) is 2.15. The molecule has 0 bridgehead atoms. The molecule has 3 heteroatoms. The Morgan fingerprint density at radius 2 is 1.62 bits per heavy atom. The molecule has 0 aliphatic carbocycles. The van der Waals surface area contributed by atoms with Crippen molar-refractivity contribution >= 4 is 5.69 Å². The first kappa shape index (κ1) is 10.4. The van der Waals surface area contributed by atoms with Crippen molar-refractivity contribution in [3.8, 4) is 11.5 Å². The summed E-state index contributed by atoms with van der Waals surface area (Å²) in [7, 11) is 0. The molecule has 0 heterocycles. The minimum atomic E-state index is 0.221. The molecule has 2 N–H and O–H groups in total. The molecule has 0 aliphatic rings. The lowest BCUT2D eigenvalue weighted by atomic mass is 10.3. The van der Waals surface area contributed by atoms with Crippen LogP contribution in [0, 0.1) is 0 Å². The van der Waals surface area contributed by atoms with Crippen LogP contribution in [-0.2, 0) is 0 Å². The van der Waals surface area contributed by atoms with Gasteiger partial charge in [0.25, 0.3) is 0 Å². The molecule has 82 valence electrons. The van der Waals surface area contributed by atoms with Crippen LogP contribution in [0.5, 0.6) is 11.5 Å². The lowest BCUT2D eigenvalue weighted by molar-refractivity contribution is 0.345. The van der Waals surface area contributed by atoms with Crippen molar-refractivity contribution in [3.63, 3.8) is 0 Å². The number of ether oxygens (including phenoxy) is 1. The van der Waals surface area contributed by atoms with Crippen LogP contribution in [-0.4, -0.2) is 11.8 Å². The van der Waals surface area contributed by atoms with Crippen LogP contribution in [0.2, 0.25) is 0 Å². The minimum absolute atomic E-state index is 0.221. The molecule has 0 unspecified atom stereocenters. The number of hydrogen-bond donors (Lipinski definition) is 2. The van der Waals surface area contributed by atoms with Gasteiger partial charge >= 0.3 is 0 Å². The molecule has 0 radical (unpaired) electrons. The summed E-state index contributed by atoms with van der Waals surface area (Å²) in [6, 6.07) is 16.6. The van der Waals surface area contributed by atoms with Gasteiger partial charge in [0.05, 0.1) is 5.69 Å². The average Bonchev–Trinajstić information content (AvgIpc) is 2.33. The Bertz CT molecular complexity index is 443. The van der Waals surface area contributed by atoms with Gasteiger partial charge in [-0.05, 0) is 24.3 Å². The molecule has 0 aliphatic heterocycles. The second-order valence-electron chi connectivity index (χ2n) is 3.30. The standard InChI is InChI=1S/C13H13NO2/c15-13-9-5-4-8-12(13)14-10-16-11-6-2-1-3-7-11/h1-9,14-15H,10H2. The average molecular weight is 215 g/mol. The SMILES string of the molecule is Oc1ccccc1NCOc1ccccc1. The van der Waals surface area contributed by atoms with E-state index in [2.05, 4.69) is 5.32 Å². The van der Waals surface area contributed by atoms with Gasteiger partial charge in [-0.15, -0.1) is 0 Å². The Morgan fingerprint density at radius 1 is 0.938 bits per heavy atom. The summed E-state index contributed by atoms with van der Waals surface area (Å²) < 4.78 is 5.44. The second-order valence-corrected chi connectivity index (χ2v) is 3.30. The van der Waals surface area contributed by atoms with Crippen molar-refractivity contribution in [1.82, 2.24) is 0 Å². The van der Waals surface area contributed by atoms with Gasteiger partial charge in [0, 0.05) is 0 Å². The topological polar surface area (TPSA) is 41.5 Å². The third-order valence-corrected chi connectivity index (χ3v) is 2.15. The van der Waals surface area contributed by atoms with Crippen molar-refractivity contribution in [2.75, 3.05) is 12.0 Å². The van der Waals surface area contributed by atoms with Gasteiger partial charge in [0.15, 0.2) is 6.73 Å². The van der Waals surface area contributed by atoms with E-state index >= 15 is 0 Å². The number of aromatic hydroxyl groups is 1. The molecule has 0 aromatic heterocycles. The maximum atomic E-state index is 9.49. The van der Waals surface area contributed by atoms with Crippen LogP contribution < -0.4 is 10.1 Å². The Balaban J connectivity index is 1.87. The van der Waals surface area contributed by atoms with Gasteiger partial charge in [-0.1, -0.05) is 30.3 Å². The van der Waals surface area contributed by atoms with Crippen LogP contribution in [0.4, 0.5) is 5.69 Å². The van der Waals surface area contributed by atoms with E-state index in [4.69, 9.17) is 4.74 Å². The Hall–Kier alpha value is -2.16. The zero-order valence-corrected chi connectivity index (χ0v) is 8.76. The molecule has 0 atom stereocenters. The molecule has 2 aromatic carbocycles. The van der Waals surface area contributed by atoms with Gasteiger partial charge < -0.3 is 15.2 Å². The normalized spacial score (nSPS) is 9.75. The monoisotopic (exact) mass is 215 g/mol. The molecule has 0 saturated heterocycles. The van der Waals surface area contributed by atoms with E-state index < -0.39 is 0 Å². The summed E-state index contributed by atoms with van der Waals surface area (Å²) in [6.07, 6.45) is 0. The first-order valence-corrected chi connectivity index (χ1v) is 5.06. The van der Waals surface area contributed by atoms with E-state index in [1.807, 2.05) is 36.4 Å². The van der Waals surface area contributed by atoms with E-state index in [0.717, 1.165) is 5.75 Å². The van der Waals surface area contributed by atoms with Gasteiger partial charge in [-0.3, -0.25) is 0 Å². The zero-order chi connectivity index (χ0) is 11.2. The third kappa shape index (κ3) is 2.67. The first-order valence-electron chi connectivity index (χ1n) is 5.06. The van der Waals surface area contributed by atoms with Crippen molar-refractivity contribution in [2.24, 2.45) is 0 Å². The van der Waals surface area contributed by atoms with Crippen LogP contribution in [0.3, 0.4) is 0 Å². The number of nitrogens with one attached hydrogen (secondary N) is 1. The number of anilines is 1. The van der Waals surface area contributed by atoms with Crippen molar-refractivity contribution in [3.05, 3.63) is 54.6 Å². The van der Waals surface area contributed by atoms with Gasteiger partial charge in [-0.2, -0.15) is 0 Å². The lowest BCUT2D eigenvalue weighted by Crippen LogP contribution is -2.08. The van der Waals surface area contributed by atoms with Crippen LogP contribution in [0.1, 0.15) is 0 Å². The van der Waals surface area contributed by atoms with Gasteiger partial charge in [-0.25, -0.2) is 0 Å². The molecular formula is C13H13NO2. The largest absolute Gasteiger partial charge is 0.506 e. The number of para-hydroxylation sites is 3. The molecule has 16 heavy (non-hydrogen) atoms. The van der Waals surface area contributed by atoms with E-state index in [9.17, 15) is 5.11 Å². The quantitative estimate of drug-likeness (QED) is 0.608. The second kappa shape index (κ2) is 5.07. The molecule has 0 amide bonds. The summed E-state index contributed by atoms with van der Waals surface area (Å²) in [5.74, 6) is 1.02. The van der Waals surface area contributed by atoms with E-state index in [1.165, 1.54) is 0 Å². The van der Waals surface area contributed by atoms with E-state index in [1.54, 1.807) is 18.2 Å². The summed E-state index contributed by atoms with van der Waals surface area (Å²) in [6.45, 7) is 0.321. The molecule has 2 rings (SSSR count). The molecule has 3 nitrogen and oxygen atoms in total. The summed E-state index contributed by atoms with van der Waals surface area (Å²) >= 11 is 0. The first-order chi connectivity index (χ1) is 7.86. The number of hydrogen-bond acceptors (Lipinski definition) is 3. The highest BCUT2D eigenvalue weighted by Crippen LogP contribution is 2.21. The van der Waals surface area contributed by atoms with Crippen LogP contribution in [0.15, 0.2) is 54.6 Å². The smallest absolute Gasteiger partial charge is 0.159 e. The molecule has 0 fully saturated rings. The summed E-state index contributed by atoms with van der Waals surface area (Å²) in [5, 5.41) is 12.5. The molecular weight excluding hydrogens is 202 g/mol. The highest BCUT2D eigenvalue weighted by atomic mass is 16.5. The predicted octanol–water partition coefficient (Wildman–Crippen LogP) is 2.84. The molecule has 2 aromatic rings. The lowest BCUT2D eigenvalue weighted by Gasteiger charge is -2.09. The molecule has 0 saturated carbocycles. The predicted molar refractivity (Wildman–Crippen MR) is 63.7 cm³/mol. The van der Waals surface area contributed by atoms with E-state index in [-0.39, 0.29) is 5.75 Å². The summed E-state index contributed by atoms with van der Waals surface area (Å²) in [5.41, 5.74) is 0.665. The van der Waals surface area contributed by atoms with Crippen molar-refractivity contribution < 1.29 is 9.84 Å². The Kier molecular flexibility index (Phi) is 3.28. The fourth-order valence-electron chi connectivity index (χ4n) is 1.34. The number of rotatable bonds is 4. The minimum Gasteiger partial charge on any atom is -0.506 e. The highest BCUT2D eigenvalue weighted by Gasteiger charge is 1.97. The van der Waals surface area contributed by atoms with Gasteiger partial charge in [0.2, 0.25) is 0 Å². The fraction of sp³-hybridized carbons (Fsp3) is 0.0769.